The van der Waals surface area contributed by atoms with Gasteiger partial charge < -0.3 is 19.5 Å². The number of benzene rings is 2. The van der Waals surface area contributed by atoms with Crippen molar-refractivity contribution >= 4 is 39.5 Å². The highest BCUT2D eigenvalue weighted by Gasteiger charge is 2.53. The number of rotatable bonds is 6. The number of aromatic nitrogens is 5. The minimum absolute atomic E-state index is 0.000294. The predicted octanol–water partition coefficient (Wildman–Crippen LogP) is 6.32. The largest absolute Gasteiger partial charge is 0.457 e. The molecule has 5 aromatic rings. The second kappa shape index (κ2) is 9.90. The van der Waals surface area contributed by atoms with Crippen molar-refractivity contribution in [3.05, 3.63) is 84.8 Å². The molecule has 212 valence electrons. The third-order valence-corrected chi connectivity index (χ3v) is 8.60. The van der Waals surface area contributed by atoms with Gasteiger partial charge in [0.1, 0.15) is 23.3 Å². The first-order valence-corrected chi connectivity index (χ1v) is 14.1. The van der Waals surface area contributed by atoms with E-state index in [1.54, 1.807) is 25.4 Å². The van der Waals surface area contributed by atoms with Crippen molar-refractivity contribution in [3.63, 3.8) is 0 Å². The van der Waals surface area contributed by atoms with Gasteiger partial charge in [-0.25, -0.2) is 24.3 Å². The van der Waals surface area contributed by atoms with Crippen LogP contribution in [0.4, 0.5) is 15.9 Å². The average molecular weight is 564 g/mol. The van der Waals surface area contributed by atoms with Gasteiger partial charge in [0.05, 0.1) is 28.6 Å². The molecule has 1 amide bonds. The number of halogens is 1. The maximum Gasteiger partial charge on any atom is 0.246 e. The molecule has 2 aromatic carbocycles. The Kier molecular flexibility index (Phi) is 6.14. The van der Waals surface area contributed by atoms with E-state index in [2.05, 4.69) is 26.8 Å². The Morgan fingerprint density at radius 1 is 1.14 bits per heavy atom. The first kappa shape index (κ1) is 26.1. The number of likely N-dealkylation sites (tertiary alicyclic amines) is 1. The van der Waals surface area contributed by atoms with Gasteiger partial charge >= 0.3 is 0 Å². The van der Waals surface area contributed by atoms with Gasteiger partial charge in [-0.15, -0.1) is 0 Å². The van der Waals surface area contributed by atoms with Crippen LogP contribution in [-0.4, -0.2) is 47.4 Å². The fourth-order valence-electron chi connectivity index (χ4n) is 6.10. The molecular formula is C32H30FN7O2. The molecule has 3 aromatic heterocycles. The standard InChI is InChI=1S/C32H30FN7O2/c1-4-28(41)40-14-11-20(16-32(40)12-13-32)22-6-7-24-30(37-22)31(35-17-34-24)38-23-8-10-27(19(2)29(23)33)42-21-5-9-26-25(15-21)36-18-39(26)3/h4-10,15,17-18,20H,1,11-14,16H2,2-3H3,(H,34,35,38). The molecule has 1 unspecified atom stereocenters. The maximum atomic E-state index is 15.6. The number of piperidine rings is 1. The molecule has 1 aliphatic carbocycles. The number of nitrogens with one attached hydrogen (secondary N) is 1. The smallest absolute Gasteiger partial charge is 0.246 e. The van der Waals surface area contributed by atoms with Crippen molar-refractivity contribution in [1.82, 2.24) is 29.4 Å². The van der Waals surface area contributed by atoms with E-state index in [4.69, 9.17) is 9.72 Å². The number of anilines is 2. The van der Waals surface area contributed by atoms with E-state index in [9.17, 15) is 4.79 Å². The number of carbonyl (C=O) groups is 1. The topological polar surface area (TPSA) is 98.1 Å². The van der Waals surface area contributed by atoms with Crippen LogP contribution in [0, 0.1) is 12.7 Å². The number of ether oxygens (including phenoxy) is 1. The minimum Gasteiger partial charge on any atom is -0.457 e. The Labute approximate surface area is 242 Å². The molecule has 1 aliphatic heterocycles. The van der Waals surface area contributed by atoms with Gasteiger partial charge in [0.15, 0.2) is 11.6 Å². The van der Waals surface area contributed by atoms with E-state index in [1.807, 2.05) is 46.8 Å². The highest BCUT2D eigenvalue weighted by atomic mass is 19.1. The van der Waals surface area contributed by atoms with Crippen LogP contribution in [0.2, 0.25) is 0 Å². The van der Waals surface area contributed by atoms with Gasteiger partial charge in [-0.05, 0) is 75.1 Å². The number of hydrogen-bond donors (Lipinski definition) is 1. The Balaban J connectivity index is 1.14. The lowest BCUT2D eigenvalue weighted by atomic mass is 9.86. The van der Waals surface area contributed by atoms with Gasteiger partial charge in [-0.3, -0.25) is 4.79 Å². The highest BCUT2D eigenvalue weighted by molar-refractivity contribution is 5.88. The minimum atomic E-state index is -0.440. The molecule has 0 radical (unpaired) electrons. The normalized spacial score (nSPS) is 17.5. The molecule has 9 nitrogen and oxygen atoms in total. The van der Waals surface area contributed by atoms with Crippen molar-refractivity contribution in [2.75, 3.05) is 11.9 Å². The summed E-state index contributed by atoms with van der Waals surface area (Å²) < 4.78 is 23.6. The van der Waals surface area contributed by atoms with Crippen LogP contribution < -0.4 is 10.1 Å². The second-order valence-corrected chi connectivity index (χ2v) is 11.2. The molecule has 2 fully saturated rings. The molecule has 0 bridgehead atoms. The molecule has 1 spiro atoms. The summed E-state index contributed by atoms with van der Waals surface area (Å²) in [5.74, 6) is 1.19. The summed E-state index contributed by atoms with van der Waals surface area (Å²) in [5.41, 5.74) is 4.50. The Morgan fingerprint density at radius 3 is 2.81 bits per heavy atom. The van der Waals surface area contributed by atoms with Gasteiger partial charge in [-0.1, -0.05) is 6.58 Å². The third kappa shape index (κ3) is 4.43. The van der Waals surface area contributed by atoms with Crippen LogP contribution in [0.3, 0.4) is 0 Å². The molecule has 2 aliphatic rings. The molecule has 1 saturated heterocycles. The molecule has 1 atom stereocenters. The summed E-state index contributed by atoms with van der Waals surface area (Å²) in [4.78, 5) is 32.5. The van der Waals surface area contributed by atoms with E-state index >= 15 is 4.39 Å². The number of fused-ring (bicyclic) bond motifs is 2. The van der Waals surface area contributed by atoms with Crippen LogP contribution >= 0.6 is 0 Å². The molecular weight excluding hydrogens is 533 g/mol. The van der Waals surface area contributed by atoms with Crippen molar-refractivity contribution in [1.29, 1.82) is 0 Å². The van der Waals surface area contributed by atoms with Gasteiger partial charge in [-0.2, -0.15) is 0 Å². The first-order chi connectivity index (χ1) is 20.3. The van der Waals surface area contributed by atoms with Crippen LogP contribution in [-0.2, 0) is 11.8 Å². The van der Waals surface area contributed by atoms with Crippen molar-refractivity contribution < 1.29 is 13.9 Å². The summed E-state index contributed by atoms with van der Waals surface area (Å²) in [6, 6.07) is 12.9. The van der Waals surface area contributed by atoms with Crippen molar-refractivity contribution in [3.8, 4) is 11.5 Å². The van der Waals surface area contributed by atoms with Gasteiger partial charge in [0.25, 0.3) is 0 Å². The Morgan fingerprint density at radius 2 is 2.00 bits per heavy atom. The summed E-state index contributed by atoms with van der Waals surface area (Å²) in [5, 5.41) is 3.14. The monoisotopic (exact) mass is 563 g/mol. The number of nitrogens with zero attached hydrogens (tertiary/aromatic N) is 6. The van der Waals surface area contributed by atoms with Gasteiger partial charge in [0.2, 0.25) is 5.91 Å². The van der Waals surface area contributed by atoms with E-state index in [0.717, 1.165) is 42.4 Å². The zero-order valence-electron chi connectivity index (χ0n) is 23.5. The molecule has 1 saturated carbocycles. The number of carbonyl (C=O) groups excluding carboxylic acids is 1. The summed E-state index contributed by atoms with van der Waals surface area (Å²) in [6.45, 7) is 6.03. The van der Waals surface area contributed by atoms with Crippen molar-refractivity contribution in [2.45, 2.75) is 44.1 Å². The highest BCUT2D eigenvalue weighted by Crippen LogP contribution is 2.52. The fourth-order valence-corrected chi connectivity index (χ4v) is 6.10. The Bertz CT molecular complexity index is 1880. The van der Waals surface area contributed by atoms with E-state index in [-0.39, 0.29) is 23.1 Å². The Hall–Kier alpha value is -4.86. The van der Waals surface area contributed by atoms with Crippen LogP contribution in [0.25, 0.3) is 22.1 Å². The zero-order valence-corrected chi connectivity index (χ0v) is 23.5. The van der Waals surface area contributed by atoms with Crippen LogP contribution in [0.5, 0.6) is 11.5 Å². The fraction of sp³-hybridized carbons (Fsp3) is 0.281. The second-order valence-electron chi connectivity index (χ2n) is 11.2. The summed E-state index contributed by atoms with van der Waals surface area (Å²) >= 11 is 0. The lowest BCUT2D eigenvalue weighted by Gasteiger charge is -2.39. The molecule has 10 heteroatoms. The molecule has 7 rings (SSSR count). The van der Waals surface area contributed by atoms with E-state index < -0.39 is 5.82 Å². The number of hydrogen-bond acceptors (Lipinski definition) is 7. The van der Waals surface area contributed by atoms with E-state index in [0.29, 0.717) is 40.5 Å². The molecule has 1 N–H and O–H groups in total. The summed E-state index contributed by atoms with van der Waals surface area (Å²) in [7, 11) is 1.93. The number of amides is 1. The van der Waals surface area contributed by atoms with Crippen LogP contribution in [0.1, 0.15) is 42.9 Å². The first-order valence-electron chi connectivity index (χ1n) is 14.1. The number of imidazole rings is 1. The van der Waals surface area contributed by atoms with E-state index in [1.165, 1.54) is 12.4 Å². The lowest BCUT2D eigenvalue weighted by Crippen LogP contribution is -2.46. The van der Waals surface area contributed by atoms with Crippen molar-refractivity contribution in [2.24, 2.45) is 7.05 Å². The third-order valence-electron chi connectivity index (χ3n) is 8.60. The number of aryl methyl sites for hydroxylation is 1. The quantitative estimate of drug-likeness (QED) is 0.242. The number of pyridine rings is 1. The lowest BCUT2D eigenvalue weighted by molar-refractivity contribution is -0.130. The van der Waals surface area contributed by atoms with Crippen LogP contribution in [0.15, 0.2) is 67.8 Å². The molecule has 4 heterocycles. The summed E-state index contributed by atoms with van der Waals surface area (Å²) in [6.07, 6.45) is 8.28. The SMILES string of the molecule is C=CC(=O)N1CCC(c2ccc3ncnc(Nc4ccc(Oc5ccc6c(c5)ncn6C)c(C)c4F)c3n2)CC12CC2. The maximum absolute atomic E-state index is 15.6. The zero-order chi connectivity index (χ0) is 29.0. The predicted molar refractivity (Wildman–Crippen MR) is 158 cm³/mol. The average Bonchev–Trinajstić information content (AvgIpc) is 3.67. The molecule has 42 heavy (non-hydrogen) atoms. The van der Waals surface area contributed by atoms with Gasteiger partial charge in [0, 0.05) is 42.4 Å².